The lowest BCUT2D eigenvalue weighted by Gasteiger charge is -2.29. The van der Waals surface area contributed by atoms with Crippen molar-refractivity contribution in [2.24, 2.45) is 5.92 Å². The summed E-state index contributed by atoms with van der Waals surface area (Å²) in [4.78, 5) is 38.6. The molecule has 0 aromatic heterocycles. The van der Waals surface area contributed by atoms with Crippen LogP contribution in [-0.2, 0) is 9.59 Å². The Morgan fingerprint density at radius 3 is 2.33 bits per heavy atom. The van der Waals surface area contributed by atoms with Crippen LogP contribution in [0.25, 0.3) is 0 Å². The van der Waals surface area contributed by atoms with E-state index in [1.807, 2.05) is 36.2 Å². The van der Waals surface area contributed by atoms with Gasteiger partial charge >= 0.3 is 0 Å². The number of aryl methyl sites for hydroxylation is 1. The van der Waals surface area contributed by atoms with Crippen LogP contribution in [0, 0.1) is 23.0 Å². The van der Waals surface area contributed by atoms with Gasteiger partial charge in [0.15, 0.2) is 0 Å². The molecular weight excluding hydrogens is 408 g/mol. The molecule has 8 nitrogen and oxygen atoms in total. The third-order valence-electron chi connectivity index (χ3n) is 6.21. The predicted molar refractivity (Wildman–Crippen MR) is 110 cm³/mol. The Bertz CT molecular complexity index is 1070. The highest BCUT2D eigenvalue weighted by atomic mass is 35.5. The number of amides is 2. The van der Waals surface area contributed by atoms with Crippen LogP contribution in [0.1, 0.15) is 23.6 Å². The molecule has 9 heteroatoms. The van der Waals surface area contributed by atoms with Crippen LogP contribution in [0.15, 0.2) is 42.5 Å². The molecule has 3 atom stereocenters. The fourth-order valence-corrected chi connectivity index (χ4v) is 5.10. The summed E-state index contributed by atoms with van der Waals surface area (Å²) >= 11 is 5.91. The van der Waals surface area contributed by atoms with E-state index in [4.69, 9.17) is 11.6 Å². The van der Waals surface area contributed by atoms with E-state index in [0.29, 0.717) is 6.54 Å². The van der Waals surface area contributed by atoms with Gasteiger partial charge in [-0.05, 0) is 31.0 Å². The fourth-order valence-electron chi connectivity index (χ4n) is 4.91. The van der Waals surface area contributed by atoms with E-state index in [-0.39, 0.29) is 34.3 Å². The quantitative estimate of drug-likeness (QED) is 0.426. The Hall–Kier alpha value is -2.81. The number of rotatable bonds is 3. The molecule has 2 aromatic rings. The number of hydrogen-bond donors (Lipinski definition) is 0. The number of imide groups is 1. The SMILES string of the molecule is Cc1ccc([C@H]2[C@H]3C(=O)N(c4ccc(Cl)c([N+](=O)[O-])c4)C(=O)[C@H]3N3CCCN23)cc1. The zero-order chi connectivity index (χ0) is 21.2. The number of anilines is 1. The molecule has 0 bridgehead atoms. The molecule has 0 aliphatic carbocycles. The molecule has 5 rings (SSSR count). The van der Waals surface area contributed by atoms with Crippen molar-refractivity contribution in [3.05, 3.63) is 68.7 Å². The average molecular weight is 427 g/mol. The molecule has 0 spiro atoms. The first-order chi connectivity index (χ1) is 14.4. The first-order valence-corrected chi connectivity index (χ1v) is 10.2. The molecule has 3 fully saturated rings. The first kappa shape index (κ1) is 19.2. The second-order valence-electron chi connectivity index (χ2n) is 7.91. The number of carbonyl (C=O) groups excluding carboxylic acids is 2. The molecule has 2 amide bonds. The number of benzene rings is 2. The van der Waals surface area contributed by atoms with Gasteiger partial charge in [0.1, 0.15) is 11.1 Å². The third-order valence-corrected chi connectivity index (χ3v) is 6.53. The summed E-state index contributed by atoms with van der Waals surface area (Å²) in [6, 6.07) is 11.2. The second-order valence-corrected chi connectivity index (χ2v) is 8.32. The molecule has 3 aliphatic heterocycles. The van der Waals surface area contributed by atoms with Gasteiger partial charge in [-0.2, -0.15) is 0 Å². The standard InChI is InChI=1S/C21H19ClN4O4/c1-12-3-5-13(6-4-12)18-17-19(24-10-2-9-23(18)24)21(28)25(20(17)27)14-7-8-15(22)16(11-14)26(29)30/h3-8,11,17-19H,2,9-10H2,1H3/t17-,18+,19+/m1/s1. The van der Waals surface area contributed by atoms with Crippen LogP contribution in [0.4, 0.5) is 11.4 Å². The zero-order valence-electron chi connectivity index (χ0n) is 16.2. The summed E-state index contributed by atoms with van der Waals surface area (Å²) in [5.41, 5.74) is 1.97. The summed E-state index contributed by atoms with van der Waals surface area (Å²) in [5.74, 6) is -1.24. The minimum absolute atomic E-state index is 0.0358. The van der Waals surface area contributed by atoms with E-state index in [1.165, 1.54) is 18.2 Å². The second kappa shape index (κ2) is 6.87. The van der Waals surface area contributed by atoms with Crippen molar-refractivity contribution in [3.63, 3.8) is 0 Å². The largest absolute Gasteiger partial charge is 0.289 e. The minimum Gasteiger partial charge on any atom is -0.274 e. The molecule has 30 heavy (non-hydrogen) atoms. The van der Waals surface area contributed by atoms with Crippen LogP contribution < -0.4 is 4.90 Å². The van der Waals surface area contributed by atoms with Gasteiger partial charge in [-0.1, -0.05) is 41.4 Å². The summed E-state index contributed by atoms with van der Waals surface area (Å²) in [6.07, 6.45) is 0.916. The van der Waals surface area contributed by atoms with E-state index < -0.39 is 16.9 Å². The maximum Gasteiger partial charge on any atom is 0.289 e. The van der Waals surface area contributed by atoms with Crippen molar-refractivity contribution >= 4 is 34.8 Å². The Morgan fingerprint density at radius 1 is 1.00 bits per heavy atom. The third kappa shape index (κ3) is 2.68. The van der Waals surface area contributed by atoms with Gasteiger partial charge in [-0.3, -0.25) is 19.7 Å². The summed E-state index contributed by atoms with van der Waals surface area (Å²) < 4.78 is 0. The van der Waals surface area contributed by atoms with Crippen LogP contribution in [0.3, 0.4) is 0 Å². The van der Waals surface area contributed by atoms with Gasteiger partial charge < -0.3 is 0 Å². The molecule has 0 radical (unpaired) electrons. The maximum absolute atomic E-state index is 13.5. The monoisotopic (exact) mass is 426 g/mol. The Kier molecular flexibility index (Phi) is 4.39. The molecular formula is C21H19ClN4O4. The van der Waals surface area contributed by atoms with E-state index in [2.05, 4.69) is 5.01 Å². The molecule has 0 unspecified atom stereocenters. The van der Waals surface area contributed by atoms with Crippen LogP contribution in [0.2, 0.25) is 5.02 Å². The highest BCUT2D eigenvalue weighted by Gasteiger charge is 2.62. The Morgan fingerprint density at radius 2 is 1.67 bits per heavy atom. The van der Waals surface area contributed by atoms with E-state index in [9.17, 15) is 19.7 Å². The van der Waals surface area contributed by atoms with E-state index >= 15 is 0 Å². The number of nitro groups is 1. The topological polar surface area (TPSA) is 87.0 Å². The van der Waals surface area contributed by atoms with Crippen LogP contribution in [-0.4, -0.2) is 45.9 Å². The highest BCUT2D eigenvalue weighted by Crippen LogP contribution is 2.49. The maximum atomic E-state index is 13.5. The predicted octanol–water partition coefficient (Wildman–Crippen LogP) is 3.09. The van der Waals surface area contributed by atoms with Crippen molar-refractivity contribution in [1.82, 2.24) is 10.0 Å². The highest BCUT2D eigenvalue weighted by molar-refractivity contribution is 6.33. The summed E-state index contributed by atoms with van der Waals surface area (Å²) in [7, 11) is 0. The summed E-state index contributed by atoms with van der Waals surface area (Å²) in [6.45, 7) is 3.50. The molecule has 3 heterocycles. The smallest absolute Gasteiger partial charge is 0.274 e. The molecule has 3 saturated heterocycles. The molecule has 3 aliphatic rings. The summed E-state index contributed by atoms with van der Waals surface area (Å²) in [5, 5.41) is 15.4. The van der Waals surface area contributed by atoms with E-state index in [0.717, 1.165) is 29.0 Å². The van der Waals surface area contributed by atoms with Gasteiger partial charge in [-0.25, -0.2) is 14.9 Å². The number of carbonyl (C=O) groups is 2. The van der Waals surface area contributed by atoms with Crippen molar-refractivity contribution in [3.8, 4) is 0 Å². The van der Waals surface area contributed by atoms with Crippen LogP contribution in [0.5, 0.6) is 0 Å². The molecule has 2 aromatic carbocycles. The number of hydrogen-bond acceptors (Lipinski definition) is 6. The lowest BCUT2D eigenvalue weighted by molar-refractivity contribution is -0.384. The van der Waals surface area contributed by atoms with Crippen molar-refractivity contribution < 1.29 is 14.5 Å². The number of hydrazine groups is 1. The average Bonchev–Trinajstić information content (AvgIpc) is 3.36. The first-order valence-electron chi connectivity index (χ1n) is 9.80. The number of nitrogens with zero attached hydrogens (tertiary/aromatic N) is 4. The Labute approximate surface area is 177 Å². The van der Waals surface area contributed by atoms with Gasteiger partial charge in [0, 0.05) is 19.2 Å². The van der Waals surface area contributed by atoms with Gasteiger partial charge in [0.25, 0.3) is 11.6 Å². The zero-order valence-corrected chi connectivity index (χ0v) is 17.0. The number of fused-ring (bicyclic) bond motifs is 3. The molecule has 154 valence electrons. The van der Waals surface area contributed by atoms with Crippen LogP contribution >= 0.6 is 11.6 Å². The fraction of sp³-hybridized carbons (Fsp3) is 0.333. The lowest BCUT2D eigenvalue weighted by atomic mass is 9.89. The van der Waals surface area contributed by atoms with Crippen molar-refractivity contribution in [1.29, 1.82) is 0 Å². The minimum atomic E-state index is -0.616. The van der Waals surface area contributed by atoms with E-state index in [1.54, 1.807) is 0 Å². The van der Waals surface area contributed by atoms with Crippen molar-refractivity contribution in [2.75, 3.05) is 18.0 Å². The lowest BCUT2D eigenvalue weighted by Crippen LogP contribution is -2.44. The molecule has 0 saturated carbocycles. The normalized spacial score (nSPS) is 26.3. The molecule has 0 N–H and O–H groups in total. The number of nitro benzene ring substituents is 1. The Balaban J connectivity index is 1.58. The van der Waals surface area contributed by atoms with Gasteiger partial charge in [0.05, 0.1) is 22.6 Å². The van der Waals surface area contributed by atoms with Gasteiger partial charge in [-0.15, -0.1) is 0 Å². The van der Waals surface area contributed by atoms with Crippen molar-refractivity contribution in [2.45, 2.75) is 25.4 Å². The number of halogens is 1. The van der Waals surface area contributed by atoms with Gasteiger partial charge in [0.2, 0.25) is 5.91 Å².